The molecule has 0 bridgehead atoms. The van der Waals surface area contributed by atoms with Gasteiger partial charge in [-0.1, -0.05) is 23.2 Å². The second-order valence-corrected chi connectivity index (χ2v) is 2.21. The van der Waals surface area contributed by atoms with Crippen molar-refractivity contribution in [3.05, 3.63) is 16.1 Å². The van der Waals surface area contributed by atoms with E-state index in [2.05, 4.69) is 9.97 Å². The van der Waals surface area contributed by atoms with Crippen LogP contribution in [-0.2, 0) is 0 Å². The molecule has 0 radical (unpaired) electrons. The van der Waals surface area contributed by atoms with Gasteiger partial charge in [0.15, 0.2) is 5.15 Å². The number of nitrogen functional groups attached to an aromatic ring is 1. The van der Waals surface area contributed by atoms with Crippen LogP contribution in [0.1, 0.15) is 0 Å². The van der Waals surface area contributed by atoms with E-state index in [1.54, 1.807) is 0 Å². The minimum Gasteiger partial charge on any atom is -0.368 e. The minimum atomic E-state index is -0.904. The summed E-state index contributed by atoms with van der Waals surface area (Å²) in [5, 5.41) is -0.484. The highest BCUT2D eigenvalue weighted by Crippen LogP contribution is 2.21. The topological polar surface area (TPSA) is 51.8 Å². The molecule has 0 saturated carbocycles. The third-order valence-electron chi connectivity index (χ3n) is 0.788. The Balaban J connectivity index is 3.31. The van der Waals surface area contributed by atoms with Gasteiger partial charge < -0.3 is 5.73 Å². The van der Waals surface area contributed by atoms with Crippen LogP contribution in [0.3, 0.4) is 0 Å². The van der Waals surface area contributed by atoms with Crippen LogP contribution in [0.2, 0.25) is 10.2 Å². The summed E-state index contributed by atoms with van der Waals surface area (Å²) in [5.74, 6) is -1.13. The molecule has 0 aliphatic carbocycles. The van der Waals surface area contributed by atoms with Crippen molar-refractivity contribution in [3.63, 3.8) is 0 Å². The number of halogens is 3. The zero-order chi connectivity index (χ0) is 7.72. The molecule has 0 aliphatic rings. The predicted octanol–water partition coefficient (Wildman–Crippen LogP) is 1.50. The van der Waals surface area contributed by atoms with Gasteiger partial charge in [0, 0.05) is 0 Å². The predicted molar refractivity (Wildman–Crippen MR) is 36.4 cm³/mol. The van der Waals surface area contributed by atoms with Crippen LogP contribution in [0.25, 0.3) is 0 Å². The lowest BCUT2D eigenvalue weighted by atomic mass is 10.6. The van der Waals surface area contributed by atoms with E-state index in [-0.39, 0.29) is 16.1 Å². The van der Waals surface area contributed by atoms with Gasteiger partial charge in [-0.15, -0.1) is 0 Å². The summed E-state index contributed by atoms with van der Waals surface area (Å²) < 4.78 is 12.4. The Morgan fingerprint density at radius 1 is 1.30 bits per heavy atom. The number of nitrogens with zero attached hydrogens (tertiary/aromatic N) is 2. The monoisotopic (exact) mass is 181 g/mol. The summed E-state index contributed by atoms with van der Waals surface area (Å²) in [5.41, 5.74) is 5.02. The fraction of sp³-hybridized carbons (Fsp3) is 0. The molecule has 1 aromatic rings. The van der Waals surface area contributed by atoms with Gasteiger partial charge in [0.25, 0.3) is 0 Å². The van der Waals surface area contributed by atoms with Crippen LogP contribution in [0.15, 0.2) is 0 Å². The first kappa shape index (κ1) is 7.50. The van der Waals surface area contributed by atoms with Gasteiger partial charge in [-0.05, 0) is 0 Å². The lowest BCUT2D eigenvalue weighted by molar-refractivity contribution is 0.583. The molecule has 2 N–H and O–H groups in total. The Bertz CT molecular complexity index is 242. The average molecular weight is 182 g/mol. The fourth-order valence-electron chi connectivity index (χ4n) is 0.409. The number of anilines is 1. The van der Waals surface area contributed by atoms with Crippen LogP contribution < -0.4 is 5.73 Å². The van der Waals surface area contributed by atoms with Crippen molar-refractivity contribution in [3.8, 4) is 0 Å². The molecular formula is C4H2Cl2FN3. The van der Waals surface area contributed by atoms with Gasteiger partial charge in [0.2, 0.25) is 11.9 Å². The maximum atomic E-state index is 12.4. The van der Waals surface area contributed by atoms with Gasteiger partial charge in [-0.3, -0.25) is 0 Å². The summed E-state index contributed by atoms with van der Waals surface area (Å²) in [6.45, 7) is 0. The standard InChI is InChI=1S/C4H2Cl2FN3/c5-1-2(6)9-4(8)10-3(1)7/h(H2,8,9,10). The molecule has 0 saturated heterocycles. The molecule has 0 unspecified atom stereocenters. The van der Waals surface area contributed by atoms with E-state index < -0.39 is 5.95 Å². The second-order valence-electron chi connectivity index (χ2n) is 1.48. The first-order chi connectivity index (χ1) is 4.61. The maximum Gasteiger partial charge on any atom is 0.238 e. The van der Waals surface area contributed by atoms with Crippen molar-refractivity contribution >= 4 is 29.2 Å². The molecule has 54 valence electrons. The van der Waals surface area contributed by atoms with Crippen molar-refractivity contribution in [2.45, 2.75) is 0 Å². The van der Waals surface area contributed by atoms with E-state index in [9.17, 15) is 4.39 Å². The highest BCUT2D eigenvalue weighted by molar-refractivity contribution is 6.41. The Morgan fingerprint density at radius 3 is 2.40 bits per heavy atom. The summed E-state index contributed by atoms with van der Waals surface area (Å²) in [7, 11) is 0. The molecule has 0 atom stereocenters. The lowest BCUT2D eigenvalue weighted by Gasteiger charge is -1.95. The highest BCUT2D eigenvalue weighted by Gasteiger charge is 2.07. The summed E-state index contributed by atoms with van der Waals surface area (Å²) in [6.07, 6.45) is 0. The summed E-state index contributed by atoms with van der Waals surface area (Å²) in [6, 6.07) is 0. The average Bonchev–Trinajstić information content (AvgIpc) is 1.82. The second kappa shape index (κ2) is 2.56. The van der Waals surface area contributed by atoms with Crippen molar-refractivity contribution in [1.29, 1.82) is 0 Å². The zero-order valence-corrected chi connectivity index (χ0v) is 6.12. The Kier molecular flexibility index (Phi) is 1.92. The van der Waals surface area contributed by atoms with Crippen molar-refractivity contribution in [1.82, 2.24) is 9.97 Å². The fourth-order valence-corrected chi connectivity index (χ4v) is 0.658. The molecule has 0 fully saturated rings. The lowest BCUT2D eigenvalue weighted by Crippen LogP contribution is -1.98. The molecule has 0 spiro atoms. The van der Waals surface area contributed by atoms with Gasteiger partial charge in [0.1, 0.15) is 5.02 Å². The van der Waals surface area contributed by atoms with Crippen LogP contribution in [0, 0.1) is 5.95 Å². The highest BCUT2D eigenvalue weighted by atomic mass is 35.5. The van der Waals surface area contributed by atoms with Crippen LogP contribution >= 0.6 is 23.2 Å². The number of hydrogen-bond donors (Lipinski definition) is 1. The molecule has 6 heteroatoms. The third-order valence-corrected chi connectivity index (χ3v) is 1.49. The quantitative estimate of drug-likeness (QED) is 0.618. The van der Waals surface area contributed by atoms with E-state index >= 15 is 0 Å². The minimum absolute atomic E-state index is 0.174. The molecule has 1 aromatic heterocycles. The number of hydrogen-bond acceptors (Lipinski definition) is 3. The molecular weight excluding hydrogens is 180 g/mol. The molecule has 0 amide bonds. The molecule has 0 aromatic carbocycles. The van der Waals surface area contributed by atoms with E-state index in [1.165, 1.54) is 0 Å². The molecule has 1 heterocycles. The summed E-state index contributed by atoms with van der Waals surface area (Å²) in [4.78, 5) is 6.51. The van der Waals surface area contributed by atoms with Gasteiger partial charge in [0.05, 0.1) is 0 Å². The van der Waals surface area contributed by atoms with Crippen molar-refractivity contribution in [2.24, 2.45) is 0 Å². The van der Waals surface area contributed by atoms with E-state index in [1.807, 2.05) is 0 Å². The smallest absolute Gasteiger partial charge is 0.238 e. The van der Waals surface area contributed by atoms with E-state index in [4.69, 9.17) is 28.9 Å². The van der Waals surface area contributed by atoms with Crippen LogP contribution in [0.5, 0.6) is 0 Å². The Hall–Kier alpha value is -0.610. The van der Waals surface area contributed by atoms with Gasteiger partial charge >= 0.3 is 0 Å². The van der Waals surface area contributed by atoms with Crippen LogP contribution in [-0.4, -0.2) is 9.97 Å². The van der Waals surface area contributed by atoms with E-state index in [0.29, 0.717) is 0 Å². The third kappa shape index (κ3) is 1.27. The van der Waals surface area contributed by atoms with Crippen LogP contribution in [0.4, 0.5) is 10.3 Å². The zero-order valence-electron chi connectivity index (χ0n) is 4.61. The normalized spacial score (nSPS) is 9.90. The molecule has 3 nitrogen and oxygen atoms in total. The summed E-state index contributed by atoms with van der Waals surface area (Å²) >= 11 is 10.6. The van der Waals surface area contributed by atoms with Crippen molar-refractivity contribution in [2.75, 3.05) is 5.73 Å². The number of rotatable bonds is 0. The Morgan fingerprint density at radius 2 is 1.90 bits per heavy atom. The molecule has 0 aliphatic heterocycles. The number of aromatic nitrogens is 2. The molecule has 10 heavy (non-hydrogen) atoms. The SMILES string of the molecule is Nc1nc(F)c(Cl)c(Cl)n1. The van der Waals surface area contributed by atoms with E-state index in [0.717, 1.165) is 0 Å². The largest absolute Gasteiger partial charge is 0.368 e. The van der Waals surface area contributed by atoms with Gasteiger partial charge in [-0.2, -0.15) is 14.4 Å². The van der Waals surface area contributed by atoms with Gasteiger partial charge in [-0.25, -0.2) is 0 Å². The maximum absolute atomic E-state index is 12.4. The first-order valence-corrected chi connectivity index (χ1v) is 3.01. The molecule has 1 rings (SSSR count). The number of nitrogens with two attached hydrogens (primary N) is 1. The van der Waals surface area contributed by atoms with Crippen molar-refractivity contribution < 1.29 is 4.39 Å². The first-order valence-electron chi connectivity index (χ1n) is 2.25. The Labute approximate surface area is 66.0 Å².